The number of amides is 1. The van der Waals surface area contributed by atoms with Crippen molar-refractivity contribution in [2.75, 3.05) is 13.1 Å². The molecule has 0 unspecified atom stereocenters. The molecule has 4 nitrogen and oxygen atoms in total. The van der Waals surface area contributed by atoms with Gasteiger partial charge in [-0.3, -0.25) is 4.79 Å². The van der Waals surface area contributed by atoms with E-state index in [1.165, 1.54) is 5.52 Å². The molecule has 3 rings (SSSR count). The average molecular weight is 285 g/mol. The predicted molar refractivity (Wildman–Crippen MR) is 84.0 cm³/mol. The lowest BCUT2D eigenvalue weighted by Crippen LogP contribution is -2.44. The second-order valence-corrected chi connectivity index (χ2v) is 6.91. The van der Waals surface area contributed by atoms with Crippen LogP contribution in [0.25, 0.3) is 11.0 Å². The van der Waals surface area contributed by atoms with E-state index in [2.05, 4.69) is 21.7 Å². The Labute approximate surface area is 125 Å². The molecule has 0 spiro atoms. The van der Waals surface area contributed by atoms with Gasteiger partial charge in [0.1, 0.15) is 0 Å². The van der Waals surface area contributed by atoms with Crippen LogP contribution in [0.5, 0.6) is 0 Å². The first kappa shape index (κ1) is 14.1. The molecule has 1 aromatic carbocycles. The molecule has 1 fully saturated rings. The first-order valence-corrected chi connectivity index (χ1v) is 7.68. The van der Waals surface area contributed by atoms with Crippen LogP contribution in [0.2, 0.25) is 0 Å². The van der Waals surface area contributed by atoms with E-state index in [-0.39, 0.29) is 11.3 Å². The first-order chi connectivity index (χ1) is 9.97. The molecule has 2 aromatic rings. The summed E-state index contributed by atoms with van der Waals surface area (Å²) in [5, 5.41) is 0. The first-order valence-electron chi connectivity index (χ1n) is 7.68. The lowest BCUT2D eigenvalue weighted by atomic mass is 9.93. The fourth-order valence-corrected chi connectivity index (χ4v) is 3.09. The van der Waals surface area contributed by atoms with Crippen LogP contribution in [0, 0.1) is 5.41 Å². The Kier molecular flexibility index (Phi) is 3.47. The van der Waals surface area contributed by atoms with Gasteiger partial charge in [0.2, 0.25) is 5.91 Å². The van der Waals surface area contributed by atoms with E-state index in [0.717, 1.165) is 31.4 Å². The number of piperidine rings is 1. The lowest BCUT2D eigenvalue weighted by molar-refractivity contribution is -0.140. The number of benzene rings is 1. The number of aromatic nitrogens is 2. The Morgan fingerprint density at radius 2 is 1.86 bits per heavy atom. The fourth-order valence-electron chi connectivity index (χ4n) is 3.09. The number of hydrogen-bond acceptors (Lipinski definition) is 2. The third-order valence-electron chi connectivity index (χ3n) is 4.27. The van der Waals surface area contributed by atoms with Crippen molar-refractivity contribution in [1.29, 1.82) is 0 Å². The molecule has 21 heavy (non-hydrogen) atoms. The zero-order valence-corrected chi connectivity index (χ0v) is 13.0. The molecule has 1 saturated heterocycles. The van der Waals surface area contributed by atoms with E-state index in [1.807, 2.05) is 44.1 Å². The molecule has 2 heterocycles. The number of carbonyl (C=O) groups excluding carboxylic acids is 1. The fraction of sp³-hybridized carbons (Fsp3) is 0.529. The smallest absolute Gasteiger partial charge is 0.227 e. The highest BCUT2D eigenvalue weighted by Crippen LogP contribution is 2.28. The maximum atomic E-state index is 12.3. The molecular weight excluding hydrogens is 262 g/mol. The zero-order valence-electron chi connectivity index (χ0n) is 13.0. The number of para-hydroxylation sites is 2. The topological polar surface area (TPSA) is 38.1 Å². The van der Waals surface area contributed by atoms with Crippen molar-refractivity contribution in [2.45, 2.75) is 39.7 Å². The average Bonchev–Trinajstić information content (AvgIpc) is 2.90. The normalized spacial score (nSPS) is 17.4. The Balaban J connectivity index is 1.73. The number of likely N-dealkylation sites (tertiary alicyclic amines) is 1. The summed E-state index contributed by atoms with van der Waals surface area (Å²) < 4.78 is 2.27. The van der Waals surface area contributed by atoms with Crippen LogP contribution < -0.4 is 0 Å². The largest absolute Gasteiger partial charge is 0.342 e. The molecule has 4 heteroatoms. The minimum absolute atomic E-state index is 0.261. The number of hydrogen-bond donors (Lipinski definition) is 0. The van der Waals surface area contributed by atoms with Gasteiger partial charge in [-0.2, -0.15) is 0 Å². The van der Waals surface area contributed by atoms with Gasteiger partial charge >= 0.3 is 0 Å². The predicted octanol–water partition coefficient (Wildman–Crippen LogP) is 3.25. The molecule has 1 aliphatic rings. The van der Waals surface area contributed by atoms with Gasteiger partial charge < -0.3 is 9.47 Å². The standard InChI is InChI=1S/C17H23N3O/c1-17(2,3)16(21)19-10-8-13(9-11-19)20-12-18-14-6-4-5-7-15(14)20/h4-7,12-13H,8-11H2,1-3H3. The van der Waals surface area contributed by atoms with Crippen LogP contribution in [-0.2, 0) is 4.79 Å². The highest BCUT2D eigenvalue weighted by molar-refractivity contribution is 5.81. The molecule has 0 saturated carbocycles. The second kappa shape index (κ2) is 5.17. The Morgan fingerprint density at radius 3 is 2.52 bits per heavy atom. The third-order valence-corrected chi connectivity index (χ3v) is 4.27. The van der Waals surface area contributed by atoms with Crippen molar-refractivity contribution < 1.29 is 4.79 Å². The summed E-state index contributed by atoms with van der Waals surface area (Å²) >= 11 is 0. The zero-order chi connectivity index (χ0) is 15.0. The van der Waals surface area contributed by atoms with E-state index in [0.29, 0.717) is 6.04 Å². The summed E-state index contributed by atoms with van der Waals surface area (Å²) in [6.07, 6.45) is 3.95. The Morgan fingerprint density at radius 1 is 1.19 bits per heavy atom. The van der Waals surface area contributed by atoms with Gasteiger partial charge in [-0.15, -0.1) is 0 Å². The number of nitrogens with zero attached hydrogens (tertiary/aromatic N) is 3. The third kappa shape index (κ3) is 2.67. The van der Waals surface area contributed by atoms with E-state index in [9.17, 15) is 4.79 Å². The van der Waals surface area contributed by atoms with E-state index in [1.54, 1.807) is 0 Å². The summed E-state index contributed by atoms with van der Waals surface area (Å²) in [4.78, 5) is 18.8. The maximum Gasteiger partial charge on any atom is 0.227 e. The molecule has 1 amide bonds. The van der Waals surface area contributed by atoms with Crippen LogP contribution in [0.1, 0.15) is 39.7 Å². The second-order valence-electron chi connectivity index (χ2n) is 6.91. The van der Waals surface area contributed by atoms with Crippen molar-refractivity contribution >= 4 is 16.9 Å². The number of carbonyl (C=O) groups is 1. The van der Waals surface area contributed by atoms with Gasteiger partial charge in [-0.1, -0.05) is 32.9 Å². The van der Waals surface area contributed by atoms with E-state index in [4.69, 9.17) is 0 Å². The number of rotatable bonds is 1. The SMILES string of the molecule is CC(C)(C)C(=O)N1CCC(n2cnc3ccccc32)CC1. The van der Waals surface area contributed by atoms with E-state index >= 15 is 0 Å². The molecule has 0 atom stereocenters. The highest BCUT2D eigenvalue weighted by Gasteiger charge is 2.30. The van der Waals surface area contributed by atoms with Gasteiger partial charge in [0.05, 0.1) is 17.4 Å². The number of imidazole rings is 1. The maximum absolute atomic E-state index is 12.3. The van der Waals surface area contributed by atoms with Crippen LogP contribution in [0.3, 0.4) is 0 Å². The number of fused-ring (bicyclic) bond motifs is 1. The summed E-state index contributed by atoms with van der Waals surface area (Å²) in [7, 11) is 0. The van der Waals surface area contributed by atoms with Crippen LogP contribution in [0.15, 0.2) is 30.6 Å². The molecule has 0 radical (unpaired) electrons. The quantitative estimate of drug-likeness (QED) is 0.806. The van der Waals surface area contributed by atoms with E-state index < -0.39 is 0 Å². The van der Waals surface area contributed by atoms with Crippen molar-refractivity contribution in [3.8, 4) is 0 Å². The van der Waals surface area contributed by atoms with Gasteiger partial charge in [-0.25, -0.2) is 4.98 Å². The van der Waals surface area contributed by atoms with Crippen molar-refractivity contribution in [3.05, 3.63) is 30.6 Å². The van der Waals surface area contributed by atoms with Gasteiger partial charge in [0, 0.05) is 24.5 Å². The van der Waals surface area contributed by atoms with Crippen molar-refractivity contribution in [3.63, 3.8) is 0 Å². The molecule has 1 aromatic heterocycles. The molecule has 0 aliphatic carbocycles. The van der Waals surface area contributed by atoms with Crippen molar-refractivity contribution in [1.82, 2.24) is 14.5 Å². The molecule has 0 N–H and O–H groups in total. The van der Waals surface area contributed by atoms with Crippen molar-refractivity contribution in [2.24, 2.45) is 5.41 Å². The van der Waals surface area contributed by atoms with Crippen LogP contribution in [0.4, 0.5) is 0 Å². The molecule has 112 valence electrons. The Bertz CT molecular complexity index is 645. The van der Waals surface area contributed by atoms with Gasteiger partial charge in [0.15, 0.2) is 0 Å². The summed E-state index contributed by atoms with van der Waals surface area (Å²) in [5.41, 5.74) is 1.96. The van der Waals surface area contributed by atoms with Crippen LogP contribution >= 0.6 is 0 Å². The highest BCUT2D eigenvalue weighted by atomic mass is 16.2. The lowest BCUT2D eigenvalue weighted by Gasteiger charge is -2.36. The van der Waals surface area contributed by atoms with Gasteiger partial charge in [-0.05, 0) is 25.0 Å². The monoisotopic (exact) mass is 285 g/mol. The summed E-state index contributed by atoms with van der Waals surface area (Å²) in [5.74, 6) is 0.261. The van der Waals surface area contributed by atoms with Gasteiger partial charge in [0.25, 0.3) is 0 Å². The minimum atomic E-state index is -0.283. The summed E-state index contributed by atoms with van der Waals surface area (Å²) in [6, 6.07) is 8.68. The Hall–Kier alpha value is -1.84. The molecule has 0 bridgehead atoms. The molecule has 1 aliphatic heterocycles. The van der Waals surface area contributed by atoms with Crippen LogP contribution in [-0.4, -0.2) is 33.4 Å². The molecular formula is C17H23N3O. The minimum Gasteiger partial charge on any atom is -0.342 e. The summed E-state index contributed by atoms with van der Waals surface area (Å²) in [6.45, 7) is 7.65.